The van der Waals surface area contributed by atoms with Crippen LogP contribution >= 0.6 is 23.1 Å². The maximum absolute atomic E-state index is 13.1. The second kappa shape index (κ2) is 18.9. The number of thiazole rings is 1. The Morgan fingerprint density at radius 1 is 0.906 bits per heavy atom. The highest BCUT2D eigenvalue weighted by molar-refractivity contribution is 8.00. The highest BCUT2D eigenvalue weighted by atomic mass is 32.2. The topological polar surface area (TPSA) is 171 Å². The number of ether oxygens (including phenoxy) is 1. The van der Waals surface area contributed by atoms with Gasteiger partial charge in [-0.3, -0.25) is 19.3 Å². The second-order valence-corrected chi connectivity index (χ2v) is 15.7. The molecule has 53 heavy (non-hydrogen) atoms. The lowest BCUT2D eigenvalue weighted by molar-refractivity contribution is -0.121. The number of urea groups is 1. The molecule has 5 N–H and O–H groups in total. The van der Waals surface area contributed by atoms with Gasteiger partial charge in [-0.25, -0.2) is 14.6 Å². The van der Waals surface area contributed by atoms with Crippen molar-refractivity contribution in [2.24, 2.45) is 0 Å². The van der Waals surface area contributed by atoms with E-state index in [0.29, 0.717) is 54.1 Å². The molecule has 3 aromatic rings. The number of thioether (sulfide) groups is 1. The van der Waals surface area contributed by atoms with Gasteiger partial charge in [0.1, 0.15) is 12.6 Å². The molecule has 3 aliphatic rings. The Balaban J connectivity index is 0.826. The average Bonchev–Trinajstić information content (AvgIpc) is 3.97. The molecule has 0 spiro atoms. The monoisotopic (exact) mass is 761 g/mol. The largest absolute Gasteiger partial charge is 0.445 e. The van der Waals surface area contributed by atoms with Crippen LogP contribution in [0.4, 0.5) is 20.4 Å². The van der Waals surface area contributed by atoms with Gasteiger partial charge >= 0.3 is 12.1 Å². The Kier molecular flexibility index (Phi) is 13.6. The number of hydrogen-bond donors (Lipinski definition) is 5. The van der Waals surface area contributed by atoms with Gasteiger partial charge in [0.25, 0.3) is 0 Å². The smallest absolute Gasteiger partial charge is 0.410 e. The molecule has 4 heterocycles. The summed E-state index contributed by atoms with van der Waals surface area (Å²) in [5.41, 5.74) is 3.11. The van der Waals surface area contributed by atoms with Gasteiger partial charge in [-0.2, -0.15) is 11.8 Å². The third-order valence-corrected chi connectivity index (χ3v) is 11.9. The molecule has 4 atom stereocenters. The number of anilines is 2. The first-order valence-electron chi connectivity index (χ1n) is 18.4. The van der Waals surface area contributed by atoms with Crippen LogP contribution in [0, 0.1) is 0 Å². The van der Waals surface area contributed by atoms with Gasteiger partial charge in [0, 0.05) is 53.6 Å². The van der Waals surface area contributed by atoms with E-state index < -0.39 is 12.1 Å². The summed E-state index contributed by atoms with van der Waals surface area (Å²) in [5, 5.41) is 17.5. The molecule has 0 aliphatic carbocycles. The molecule has 282 valence electrons. The average molecular weight is 762 g/mol. The van der Waals surface area contributed by atoms with Gasteiger partial charge in [0.2, 0.25) is 17.7 Å². The predicted molar refractivity (Wildman–Crippen MR) is 207 cm³/mol. The maximum atomic E-state index is 13.1. The number of hydrogen-bond acceptors (Lipinski definition) is 9. The first-order chi connectivity index (χ1) is 25.8. The minimum atomic E-state index is -0.618. The number of amides is 6. The highest BCUT2D eigenvalue weighted by Gasteiger charge is 2.42. The summed E-state index contributed by atoms with van der Waals surface area (Å²) in [4.78, 5) is 68.1. The summed E-state index contributed by atoms with van der Waals surface area (Å²) in [5.74, 6) is 0.655. The summed E-state index contributed by atoms with van der Waals surface area (Å²) >= 11 is 3.20. The van der Waals surface area contributed by atoms with E-state index in [9.17, 15) is 24.0 Å². The molecule has 2 aromatic carbocycles. The number of nitrogens with zero attached hydrogens (tertiary/aromatic N) is 2. The number of likely N-dealkylation sites (tertiary alicyclic amines) is 1. The summed E-state index contributed by atoms with van der Waals surface area (Å²) in [6.45, 7) is 1.21. The molecule has 0 saturated carbocycles. The van der Waals surface area contributed by atoms with Crippen molar-refractivity contribution in [3.63, 3.8) is 0 Å². The fraction of sp³-hybridized carbons (Fsp3) is 0.474. The van der Waals surface area contributed by atoms with Crippen molar-refractivity contribution in [1.29, 1.82) is 0 Å². The van der Waals surface area contributed by atoms with Crippen molar-refractivity contribution in [2.75, 3.05) is 29.5 Å². The number of nitrogens with one attached hydrogen (secondary N) is 5. The van der Waals surface area contributed by atoms with Gasteiger partial charge in [-0.1, -0.05) is 55.3 Å². The number of aromatic nitrogens is 1. The standard InChI is InChI=1S/C38H47N7O6S2/c46-32(14-7-6-13-31-34-29(24-52-31)41-36(49)43-34)39-20-8-2-5-15-33(47)40-27-18-16-26(17-19-27)28-23-53-37(42-28)44-35(48)30-12-9-21-45(30)38(50)51-22-25-10-3-1-4-11-25/h1,3-4,10-11,16-19,23,29-31,34H,2,5-9,12-15,20-22,24H2,(H,39,46)(H,40,47)(H2,41,43,49)(H,42,44,48)/t29-,30-,31-,34-/m0/s1. The fourth-order valence-corrected chi connectivity index (χ4v) is 9.10. The zero-order chi connectivity index (χ0) is 37.0. The van der Waals surface area contributed by atoms with Crippen molar-refractivity contribution in [3.8, 4) is 11.3 Å². The van der Waals surface area contributed by atoms with Gasteiger partial charge in [0.15, 0.2) is 5.13 Å². The SMILES string of the molecule is O=C(CCCC[C@@H]1SC[C@@H]2NC(=O)N[C@@H]21)NCCCCCC(=O)Nc1ccc(-c2csc(NC(=O)[C@@H]3CCCN3C(=O)OCc3ccccc3)n2)cc1. The highest BCUT2D eigenvalue weighted by Crippen LogP contribution is 2.33. The van der Waals surface area contributed by atoms with Crippen molar-refractivity contribution < 1.29 is 28.7 Å². The Labute approximate surface area is 317 Å². The summed E-state index contributed by atoms with van der Waals surface area (Å²) < 4.78 is 5.46. The molecule has 6 amide bonds. The Morgan fingerprint density at radius 2 is 1.70 bits per heavy atom. The number of carbonyl (C=O) groups excluding carboxylic acids is 5. The fourth-order valence-electron chi connectivity index (χ4n) is 6.84. The lowest BCUT2D eigenvalue weighted by atomic mass is 10.0. The Morgan fingerprint density at radius 3 is 2.53 bits per heavy atom. The van der Waals surface area contributed by atoms with Crippen LogP contribution in [0.15, 0.2) is 60.0 Å². The molecule has 3 fully saturated rings. The van der Waals surface area contributed by atoms with Crippen LogP contribution in [-0.4, -0.2) is 81.9 Å². The molecule has 0 radical (unpaired) electrons. The number of benzene rings is 2. The van der Waals surface area contributed by atoms with E-state index in [1.165, 1.54) is 16.2 Å². The molecule has 3 saturated heterocycles. The van der Waals surface area contributed by atoms with Crippen LogP contribution in [0.5, 0.6) is 0 Å². The normalized spacial score (nSPS) is 20.3. The molecular formula is C38H47N7O6S2. The van der Waals surface area contributed by atoms with Crippen LogP contribution in [-0.2, 0) is 25.7 Å². The van der Waals surface area contributed by atoms with Crippen molar-refractivity contribution >= 4 is 63.8 Å². The van der Waals surface area contributed by atoms with Crippen molar-refractivity contribution in [3.05, 3.63) is 65.5 Å². The van der Waals surface area contributed by atoms with E-state index in [4.69, 9.17) is 4.74 Å². The molecule has 13 nitrogen and oxygen atoms in total. The van der Waals surface area contributed by atoms with Gasteiger partial charge < -0.3 is 31.3 Å². The van der Waals surface area contributed by atoms with Crippen LogP contribution in [0.1, 0.15) is 69.8 Å². The van der Waals surface area contributed by atoms with E-state index in [1.807, 2.05) is 71.7 Å². The van der Waals surface area contributed by atoms with E-state index >= 15 is 0 Å². The van der Waals surface area contributed by atoms with Crippen LogP contribution in [0.2, 0.25) is 0 Å². The number of carbonyl (C=O) groups is 5. The van der Waals surface area contributed by atoms with Gasteiger partial charge in [-0.15, -0.1) is 11.3 Å². The summed E-state index contributed by atoms with van der Waals surface area (Å²) in [7, 11) is 0. The first-order valence-corrected chi connectivity index (χ1v) is 20.3. The number of rotatable bonds is 17. The lowest BCUT2D eigenvalue weighted by Crippen LogP contribution is -2.43. The zero-order valence-electron chi connectivity index (χ0n) is 29.6. The molecule has 0 unspecified atom stereocenters. The molecule has 3 aliphatic heterocycles. The first kappa shape index (κ1) is 38.1. The van der Waals surface area contributed by atoms with E-state index in [1.54, 1.807) is 0 Å². The Bertz CT molecular complexity index is 1720. The van der Waals surface area contributed by atoms with Crippen LogP contribution < -0.4 is 26.6 Å². The molecule has 15 heteroatoms. The summed E-state index contributed by atoms with van der Waals surface area (Å²) in [6, 6.07) is 16.6. The maximum Gasteiger partial charge on any atom is 0.410 e. The third-order valence-electron chi connectivity index (χ3n) is 9.68. The predicted octanol–water partition coefficient (Wildman–Crippen LogP) is 5.89. The quantitative estimate of drug-likeness (QED) is 0.0838. The zero-order valence-corrected chi connectivity index (χ0v) is 31.3. The molecule has 1 aromatic heterocycles. The van der Waals surface area contributed by atoms with Crippen molar-refractivity contribution in [2.45, 2.75) is 94.2 Å². The van der Waals surface area contributed by atoms with Crippen LogP contribution in [0.25, 0.3) is 11.3 Å². The third kappa shape index (κ3) is 10.9. The number of unbranched alkanes of at least 4 members (excludes halogenated alkanes) is 3. The van der Waals surface area contributed by atoms with Gasteiger partial charge in [-0.05, 0) is 56.2 Å². The number of fused-ring (bicyclic) bond motifs is 1. The van der Waals surface area contributed by atoms with E-state index in [-0.39, 0.29) is 42.4 Å². The second-order valence-electron chi connectivity index (χ2n) is 13.6. The summed E-state index contributed by atoms with van der Waals surface area (Å²) in [6.07, 6.45) is 6.86. The Hall–Kier alpha value is -4.63. The minimum absolute atomic E-state index is 0.0620. The molecule has 0 bridgehead atoms. The molecule has 6 rings (SSSR count). The van der Waals surface area contributed by atoms with E-state index in [0.717, 1.165) is 61.8 Å². The van der Waals surface area contributed by atoms with Crippen LogP contribution in [0.3, 0.4) is 0 Å². The molecular weight excluding hydrogens is 715 g/mol. The van der Waals surface area contributed by atoms with E-state index in [2.05, 4.69) is 31.6 Å². The minimum Gasteiger partial charge on any atom is -0.445 e. The lowest BCUT2D eigenvalue weighted by Gasteiger charge is -2.22. The van der Waals surface area contributed by atoms with Gasteiger partial charge in [0.05, 0.1) is 17.8 Å². The van der Waals surface area contributed by atoms with Crippen molar-refractivity contribution in [1.82, 2.24) is 25.8 Å².